The van der Waals surface area contributed by atoms with Gasteiger partial charge >= 0.3 is 0 Å². The number of halogens is 1. The highest BCUT2D eigenvalue weighted by molar-refractivity contribution is 8.18. The lowest BCUT2D eigenvalue weighted by Crippen LogP contribution is -2.19. The van der Waals surface area contributed by atoms with E-state index in [-0.39, 0.29) is 17.4 Å². The highest BCUT2D eigenvalue weighted by atomic mass is 32.2. The molecule has 0 bridgehead atoms. The topological polar surface area (TPSA) is 97.7 Å². The lowest BCUT2D eigenvalue weighted by atomic mass is 10.1. The van der Waals surface area contributed by atoms with Crippen LogP contribution in [0.1, 0.15) is 5.76 Å². The number of hydrogen-bond acceptors (Lipinski definition) is 6. The first kappa shape index (κ1) is 18.6. The molecule has 1 N–H and O–H groups in total. The quantitative estimate of drug-likeness (QED) is 0.376. The Bertz CT molecular complexity index is 1170. The summed E-state index contributed by atoms with van der Waals surface area (Å²) in [5, 5.41) is 13.9. The molecule has 2 aromatic carbocycles. The first-order chi connectivity index (χ1) is 14.0. The van der Waals surface area contributed by atoms with Crippen molar-refractivity contribution in [2.75, 3.05) is 0 Å². The summed E-state index contributed by atoms with van der Waals surface area (Å²) >= 11 is 1.13. The van der Waals surface area contributed by atoms with Crippen molar-refractivity contribution in [3.8, 4) is 11.3 Å². The molecule has 4 rings (SSSR count). The fourth-order valence-corrected chi connectivity index (χ4v) is 3.42. The second-order valence-corrected chi connectivity index (χ2v) is 7.00. The third-order valence-electron chi connectivity index (χ3n) is 3.95. The van der Waals surface area contributed by atoms with Crippen LogP contribution in [0.4, 0.5) is 15.8 Å². The molecule has 2 heterocycles. The van der Waals surface area contributed by atoms with Crippen molar-refractivity contribution in [2.45, 2.75) is 0 Å². The number of nitro benzene ring substituents is 1. The maximum atomic E-state index is 13.0. The number of rotatable bonds is 4. The van der Waals surface area contributed by atoms with Crippen LogP contribution < -0.4 is 5.32 Å². The van der Waals surface area contributed by atoms with Gasteiger partial charge in [-0.2, -0.15) is 0 Å². The maximum absolute atomic E-state index is 13.0. The number of benzene rings is 2. The van der Waals surface area contributed by atoms with E-state index in [2.05, 4.69) is 10.3 Å². The van der Waals surface area contributed by atoms with Crippen LogP contribution in [-0.2, 0) is 4.79 Å². The molecular formula is C20H12FN3O4S. The Morgan fingerprint density at radius 1 is 1.14 bits per heavy atom. The zero-order valence-corrected chi connectivity index (χ0v) is 15.5. The predicted octanol–water partition coefficient (Wildman–Crippen LogP) is 4.89. The highest BCUT2D eigenvalue weighted by Crippen LogP contribution is 2.31. The van der Waals surface area contributed by atoms with Crippen LogP contribution in [0.25, 0.3) is 17.4 Å². The van der Waals surface area contributed by atoms with Crippen LogP contribution in [-0.4, -0.2) is 16.0 Å². The molecule has 1 aliphatic rings. The predicted molar refractivity (Wildman–Crippen MR) is 108 cm³/mol. The Balaban J connectivity index is 1.54. The molecule has 9 heteroatoms. The highest BCUT2D eigenvalue weighted by Gasteiger charge is 2.24. The van der Waals surface area contributed by atoms with Crippen LogP contribution in [0.2, 0.25) is 0 Å². The molecular weight excluding hydrogens is 397 g/mol. The van der Waals surface area contributed by atoms with Gasteiger partial charge < -0.3 is 9.73 Å². The summed E-state index contributed by atoms with van der Waals surface area (Å²) in [6.07, 6.45) is 1.56. The third kappa shape index (κ3) is 4.25. The number of amidine groups is 1. The van der Waals surface area contributed by atoms with E-state index in [1.807, 2.05) is 0 Å². The molecule has 3 aromatic rings. The summed E-state index contributed by atoms with van der Waals surface area (Å²) in [7, 11) is 0. The number of nitro groups is 1. The van der Waals surface area contributed by atoms with E-state index in [0.717, 1.165) is 11.8 Å². The van der Waals surface area contributed by atoms with E-state index in [0.29, 0.717) is 32.8 Å². The average Bonchev–Trinajstić information content (AvgIpc) is 3.31. The maximum Gasteiger partial charge on any atom is 0.270 e. The second kappa shape index (κ2) is 7.72. The monoisotopic (exact) mass is 409 g/mol. The first-order valence-electron chi connectivity index (χ1n) is 8.38. The van der Waals surface area contributed by atoms with Crippen LogP contribution in [0.3, 0.4) is 0 Å². The Morgan fingerprint density at radius 3 is 2.69 bits per heavy atom. The molecule has 0 saturated carbocycles. The number of nitrogens with zero attached hydrogens (tertiary/aromatic N) is 2. The number of carbonyl (C=O) groups excluding carboxylic acids is 1. The zero-order chi connectivity index (χ0) is 20.4. The first-order valence-corrected chi connectivity index (χ1v) is 9.19. The van der Waals surface area contributed by atoms with Crippen LogP contribution in [0.15, 0.2) is 75.0 Å². The van der Waals surface area contributed by atoms with Crippen molar-refractivity contribution >= 4 is 40.3 Å². The van der Waals surface area contributed by atoms with Gasteiger partial charge in [0.05, 0.1) is 15.5 Å². The molecule has 7 nitrogen and oxygen atoms in total. The molecule has 0 atom stereocenters. The zero-order valence-electron chi connectivity index (χ0n) is 14.7. The van der Waals surface area contributed by atoms with Gasteiger partial charge in [-0.3, -0.25) is 14.9 Å². The molecule has 144 valence electrons. The third-order valence-corrected chi connectivity index (χ3v) is 4.86. The molecule has 29 heavy (non-hydrogen) atoms. The number of hydrogen-bond donors (Lipinski definition) is 1. The summed E-state index contributed by atoms with van der Waals surface area (Å²) in [5.41, 5.74) is 1.04. The SMILES string of the molecule is O=C1NC(=Nc2ccc(F)cc2)S/C1=C\c1ccc(-c2cccc([N+](=O)[O-])c2)o1. The number of furan rings is 1. The number of amides is 1. The van der Waals surface area contributed by atoms with Crippen molar-refractivity contribution in [1.29, 1.82) is 0 Å². The lowest BCUT2D eigenvalue weighted by Gasteiger charge is -1.97. The fraction of sp³-hybridized carbons (Fsp3) is 0. The van der Waals surface area contributed by atoms with Crippen molar-refractivity contribution in [3.63, 3.8) is 0 Å². The summed E-state index contributed by atoms with van der Waals surface area (Å²) in [6, 6.07) is 15.0. The molecule has 0 unspecified atom stereocenters. The van der Waals surface area contributed by atoms with Crippen LogP contribution in [0, 0.1) is 15.9 Å². The minimum absolute atomic E-state index is 0.0359. The number of aliphatic imine (C=N–C) groups is 1. The van der Waals surface area contributed by atoms with E-state index in [1.54, 1.807) is 30.3 Å². The van der Waals surface area contributed by atoms with Gasteiger partial charge in [0.15, 0.2) is 5.17 Å². The van der Waals surface area contributed by atoms with Crippen LogP contribution in [0.5, 0.6) is 0 Å². The Morgan fingerprint density at radius 2 is 1.93 bits per heavy atom. The van der Waals surface area contributed by atoms with E-state index in [4.69, 9.17) is 4.42 Å². The van der Waals surface area contributed by atoms with Gasteiger partial charge in [-0.15, -0.1) is 0 Å². The Hall–Kier alpha value is -3.72. The van der Waals surface area contributed by atoms with Crippen molar-refractivity contribution in [2.24, 2.45) is 4.99 Å². The smallest absolute Gasteiger partial charge is 0.270 e. The molecule has 0 aliphatic carbocycles. The van der Waals surface area contributed by atoms with E-state index in [1.165, 1.54) is 36.4 Å². The van der Waals surface area contributed by atoms with Crippen LogP contribution >= 0.6 is 11.8 Å². The normalized spacial score (nSPS) is 16.4. The number of carbonyl (C=O) groups is 1. The van der Waals surface area contributed by atoms with Crippen molar-refractivity contribution in [3.05, 3.63) is 87.3 Å². The molecule has 1 aromatic heterocycles. The average molecular weight is 409 g/mol. The number of nitrogens with one attached hydrogen (secondary N) is 1. The van der Waals surface area contributed by atoms with Gasteiger partial charge in [0.1, 0.15) is 17.3 Å². The molecule has 1 saturated heterocycles. The lowest BCUT2D eigenvalue weighted by molar-refractivity contribution is -0.384. The summed E-state index contributed by atoms with van der Waals surface area (Å²) < 4.78 is 18.7. The molecule has 1 amide bonds. The molecule has 1 aliphatic heterocycles. The largest absolute Gasteiger partial charge is 0.457 e. The second-order valence-electron chi connectivity index (χ2n) is 5.97. The van der Waals surface area contributed by atoms with Gasteiger partial charge in [-0.05, 0) is 48.2 Å². The summed E-state index contributed by atoms with van der Waals surface area (Å²) in [6.45, 7) is 0. The minimum atomic E-state index is -0.475. The standard InChI is InChI=1S/C20H12FN3O4S/c21-13-4-6-14(7-5-13)22-20-23-19(25)18(29-20)11-16-8-9-17(28-16)12-2-1-3-15(10-12)24(26)27/h1-11H,(H,22,23,25)/b18-11-. The molecule has 0 spiro atoms. The van der Waals surface area contributed by atoms with E-state index < -0.39 is 4.92 Å². The summed E-state index contributed by atoms with van der Waals surface area (Å²) in [4.78, 5) is 27.3. The van der Waals surface area contributed by atoms with Gasteiger partial charge in [0, 0.05) is 23.8 Å². The molecule has 1 fully saturated rings. The van der Waals surface area contributed by atoms with Crippen molar-refractivity contribution in [1.82, 2.24) is 5.32 Å². The van der Waals surface area contributed by atoms with Gasteiger partial charge in [0.2, 0.25) is 0 Å². The van der Waals surface area contributed by atoms with Gasteiger partial charge in [-0.25, -0.2) is 9.38 Å². The Labute approximate surface area is 168 Å². The Kier molecular flexibility index (Phi) is 4.96. The van der Waals surface area contributed by atoms with Crippen molar-refractivity contribution < 1.29 is 18.5 Å². The van der Waals surface area contributed by atoms with E-state index in [9.17, 15) is 19.3 Å². The molecule has 0 radical (unpaired) electrons. The number of non-ortho nitro benzene ring substituents is 1. The number of thioether (sulfide) groups is 1. The minimum Gasteiger partial charge on any atom is -0.457 e. The summed E-state index contributed by atoms with van der Waals surface area (Å²) in [5.74, 6) is 0.176. The van der Waals surface area contributed by atoms with E-state index >= 15 is 0 Å². The fourth-order valence-electron chi connectivity index (χ4n) is 2.60. The van der Waals surface area contributed by atoms with Gasteiger partial charge in [-0.1, -0.05) is 12.1 Å². The van der Waals surface area contributed by atoms with Gasteiger partial charge in [0.25, 0.3) is 11.6 Å².